The molecule has 3 atom stereocenters. The topological polar surface area (TPSA) is 64.1 Å². The zero-order valence-electron chi connectivity index (χ0n) is 17.1. The average molecular weight is 440 g/mol. The van der Waals surface area contributed by atoms with E-state index in [2.05, 4.69) is 22.2 Å². The second-order valence-corrected chi connectivity index (χ2v) is 8.89. The maximum Gasteiger partial charge on any atom is 0.251 e. The number of carbonyl (C=O) groups is 1. The molecule has 0 bridgehead atoms. The standard InChI is InChI=1S/C24H23ClFN3O2/c1-2-20(29-23(30)13-3-5-14(25)6-4-13)22-18-10-16(11-19(18)22)31-24-17-8-7-15(26)9-21(17)27-12-28-24/h3-9,12,16,18-20,22H,2,10-11H2,1H3,(H,29,30). The van der Waals surface area contributed by atoms with E-state index in [1.54, 1.807) is 30.3 Å². The van der Waals surface area contributed by atoms with Crippen molar-refractivity contribution in [3.63, 3.8) is 0 Å². The number of benzene rings is 2. The van der Waals surface area contributed by atoms with Gasteiger partial charge in [0.15, 0.2) is 0 Å². The zero-order valence-corrected chi connectivity index (χ0v) is 17.8. The number of fused-ring (bicyclic) bond motifs is 2. The molecule has 160 valence electrons. The SMILES string of the molecule is CCC(NC(=O)c1ccc(Cl)cc1)C1C2CC(Oc3ncnc4cc(F)ccc34)CC21. The molecule has 3 aromatic rings. The highest BCUT2D eigenvalue weighted by atomic mass is 35.5. The number of ether oxygens (including phenoxy) is 1. The molecule has 1 aromatic heterocycles. The number of rotatable bonds is 6. The minimum absolute atomic E-state index is 0.0547. The summed E-state index contributed by atoms with van der Waals surface area (Å²) in [5.74, 6) is 1.71. The lowest BCUT2D eigenvalue weighted by atomic mass is 10.00. The third-order valence-electron chi connectivity index (χ3n) is 6.64. The number of aromatic nitrogens is 2. The Kier molecular flexibility index (Phi) is 5.26. The van der Waals surface area contributed by atoms with Crippen LogP contribution in [0.1, 0.15) is 36.5 Å². The molecule has 31 heavy (non-hydrogen) atoms. The molecule has 0 aliphatic heterocycles. The van der Waals surface area contributed by atoms with Gasteiger partial charge in [-0.2, -0.15) is 0 Å². The van der Waals surface area contributed by atoms with Gasteiger partial charge in [-0.05, 0) is 73.4 Å². The van der Waals surface area contributed by atoms with Gasteiger partial charge in [0.25, 0.3) is 5.91 Å². The number of hydrogen-bond donors (Lipinski definition) is 1. The molecule has 1 amide bonds. The van der Waals surface area contributed by atoms with Crippen molar-refractivity contribution >= 4 is 28.4 Å². The van der Waals surface area contributed by atoms with Crippen molar-refractivity contribution in [1.82, 2.24) is 15.3 Å². The molecule has 3 unspecified atom stereocenters. The second kappa shape index (κ2) is 8.08. The molecule has 1 heterocycles. The molecule has 5 rings (SSSR count). The van der Waals surface area contributed by atoms with Gasteiger partial charge in [0.2, 0.25) is 5.88 Å². The molecule has 2 aliphatic carbocycles. The van der Waals surface area contributed by atoms with E-state index < -0.39 is 0 Å². The van der Waals surface area contributed by atoms with Crippen LogP contribution in [0, 0.1) is 23.6 Å². The smallest absolute Gasteiger partial charge is 0.251 e. The normalized spacial score (nSPS) is 25.1. The van der Waals surface area contributed by atoms with Crippen LogP contribution in [-0.2, 0) is 0 Å². The predicted molar refractivity (Wildman–Crippen MR) is 117 cm³/mol. The Morgan fingerprint density at radius 1 is 1.19 bits per heavy atom. The van der Waals surface area contributed by atoms with E-state index >= 15 is 0 Å². The van der Waals surface area contributed by atoms with Gasteiger partial charge in [0, 0.05) is 22.7 Å². The first-order valence-corrected chi connectivity index (χ1v) is 11.0. The number of nitrogens with zero attached hydrogens (tertiary/aromatic N) is 2. The van der Waals surface area contributed by atoms with Crippen molar-refractivity contribution in [3.8, 4) is 5.88 Å². The fourth-order valence-corrected chi connectivity index (χ4v) is 5.24. The highest BCUT2D eigenvalue weighted by Gasteiger charge is 2.59. The number of nitrogens with one attached hydrogen (secondary N) is 1. The van der Waals surface area contributed by atoms with E-state index in [4.69, 9.17) is 16.3 Å². The van der Waals surface area contributed by atoms with Gasteiger partial charge >= 0.3 is 0 Å². The second-order valence-electron chi connectivity index (χ2n) is 8.45. The first kappa shape index (κ1) is 20.2. The molecule has 7 heteroatoms. The van der Waals surface area contributed by atoms with E-state index in [0.717, 1.165) is 24.6 Å². The van der Waals surface area contributed by atoms with E-state index in [0.29, 0.717) is 39.7 Å². The summed E-state index contributed by atoms with van der Waals surface area (Å²) in [7, 11) is 0. The van der Waals surface area contributed by atoms with Gasteiger partial charge < -0.3 is 10.1 Å². The van der Waals surface area contributed by atoms with Crippen LogP contribution < -0.4 is 10.1 Å². The Bertz CT molecular complexity index is 1110. The molecule has 2 aromatic carbocycles. The van der Waals surface area contributed by atoms with E-state index in [9.17, 15) is 9.18 Å². The van der Waals surface area contributed by atoms with Crippen LogP contribution in [0.4, 0.5) is 4.39 Å². The molecule has 0 radical (unpaired) electrons. The van der Waals surface area contributed by atoms with Crippen LogP contribution >= 0.6 is 11.6 Å². The first-order chi connectivity index (χ1) is 15.0. The summed E-state index contributed by atoms with van der Waals surface area (Å²) in [6.07, 6.45) is 4.27. The summed E-state index contributed by atoms with van der Waals surface area (Å²) >= 11 is 5.92. The largest absolute Gasteiger partial charge is 0.474 e. The highest BCUT2D eigenvalue weighted by Crippen LogP contribution is 2.60. The summed E-state index contributed by atoms with van der Waals surface area (Å²) < 4.78 is 19.6. The van der Waals surface area contributed by atoms with Crippen LogP contribution in [0.2, 0.25) is 5.02 Å². The van der Waals surface area contributed by atoms with Gasteiger partial charge in [0.1, 0.15) is 18.2 Å². The first-order valence-electron chi connectivity index (χ1n) is 10.7. The Morgan fingerprint density at radius 2 is 1.94 bits per heavy atom. The van der Waals surface area contributed by atoms with Crippen LogP contribution in [-0.4, -0.2) is 28.0 Å². The lowest BCUT2D eigenvalue weighted by molar-refractivity contribution is 0.0924. The van der Waals surface area contributed by atoms with Gasteiger partial charge in [-0.25, -0.2) is 14.4 Å². The molecule has 1 N–H and O–H groups in total. The van der Waals surface area contributed by atoms with Gasteiger partial charge in [-0.1, -0.05) is 18.5 Å². The van der Waals surface area contributed by atoms with E-state index in [1.807, 2.05) is 0 Å². The highest BCUT2D eigenvalue weighted by molar-refractivity contribution is 6.30. The van der Waals surface area contributed by atoms with Crippen molar-refractivity contribution in [2.75, 3.05) is 0 Å². The van der Waals surface area contributed by atoms with Gasteiger partial charge in [-0.15, -0.1) is 0 Å². The van der Waals surface area contributed by atoms with Crippen molar-refractivity contribution < 1.29 is 13.9 Å². The minimum Gasteiger partial charge on any atom is -0.474 e. The number of carbonyl (C=O) groups excluding carboxylic acids is 1. The monoisotopic (exact) mass is 439 g/mol. The molecule has 0 spiro atoms. The maximum atomic E-state index is 13.5. The van der Waals surface area contributed by atoms with Crippen molar-refractivity contribution in [3.05, 3.63) is 65.2 Å². The molecular formula is C24H23ClFN3O2. The lowest BCUT2D eigenvalue weighted by Gasteiger charge is -2.22. The van der Waals surface area contributed by atoms with Crippen LogP contribution in [0.25, 0.3) is 10.9 Å². The predicted octanol–water partition coefficient (Wildman–Crippen LogP) is 5.03. The van der Waals surface area contributed by atoms with Crippen molar-refractivity contribution in [2.24, 2.45) is 17.8 Å². The Balaban J connectivity index is 1.20. The average Bonchev–Trinajstić information content (AvgIpc) is 3.25. The van der Waals surface area contributed by atoms with Crippen molar-refractivity contribution in [2.45, 2.75) is 38.3 Å². The number of hydrogen-bond acceptors (Lipinski definition) is 4. The molecular weight excluding hydrogens is 417 g/mol. The molecule has 0 saturated heterocycles. The van der Waals surface area contributed by atoms with Gasteiger partial charge in [-0.3, -0.25) is 4.79 Å². The summed E-state index contributed by atoms with van der Waals surface area (Å²) in [5.41, 5.74) is 1.17. The zero-order chi connectivity index (χ0) is 21.5. The maximum absolute atomic E-state index is 13.5. The fourth-order valence-electron chi connectivity index (χ4n) is 5.12. The van der Waals surface area contributed by atoms with Crippen LogP contribution in [0.3, 0.4) is 0 Å². The number of halogens is 2. The third kappa shape index (κ3) is 3.97. The fraction of sp³-hybridized carbons (Fsp3) is 0.375. The third-order valence-corrected chi connectivity index (χ3v) is 6.89. The number of amides is 1. The summed E-state index contributed by atoms with van der Waals surface area (Å²) in [6.45, 7) is 2.11. The molecule has 5 nitrogen and oxygen atoms in total. The summed E-state index contributed by atoms with van der Waals surface area (Å²) in [4.78, 5) is 21.0. The minimum atomic E-state index is -0.326. The van der Waals surface area contributed by atoms with Gasteiger partial charge in [0.05, 0.1) is 10.9 Å². The van der Waals surface area contributed by atoms with Crippen LogP contribution in [0.15, 0.2) is 48.8 Å². The van der Waals surface area contributed by atoms with Crippen molar-refractivity contribution in [1.29, 1.82) is 0 Å². The van der Waals surface area contributed by atoms with E-state index in [-0.39, 0.29) is 23.9 Å². The summed E-state index contributed by atoms with van der Waals surface area (Å²) in [6, 6.07) is 11.6. The molecule has 2 fully saturated rings. The quantitative estimate of drug-likeness (QED) is 0.584. The molecule has 2 aliphatic rings. The lowest BCUT2D eigenvalue weighted by Crippen LogP contribution is -2.37. The Labute approximate surface area is 185 Å². The summed E-state index contributed by atoms with van der Waals surface area (Å²) in [5, 5.41) is 4.55. The molecule has 2 saturated carbocycles. The van der Waals surface area contributed by atoms with Crippen LogP contribution in [0.5, 0.6) is 5.88 Å². The Hall–Kier alpha value is -2.73. The Morgan fingerprint density at radius 3 is 2.65 bits per heavy atom. The van der Waals surface area contributed by atoms with E-state index in [1.165, 1.54) is 18.5 Å².